The van der Waals surface area contributed by atoms with Gasteiger partial charge in [0.05, 0.1) is 12.8 Å². The average molecular weight is 293 g/mol. The molecular formula is C10H19N3O3S2. The minimum absolute atomic E-state index is 0.0556. The van der Waals surface area contributed by atoms with Crippen LogP contribution in [-0.2, 0) is 16.6 Å². The lowest BCUT2D eigenvalue weighted by Gasteiger charge is -2.13. The number of sulfonamides is 1. The molecular weight excluding hydrogens is 274 g/mol. The van der Waals surface area contributed by atoms with E-state index in [1.54, 1.807) is 11.8 Å². The number of thioether (sulfide) groups is 1. The van der Waals surface area contributed by atoms with Gasteiger partial charge in [-0.15, -0.1) is 0 Å². The Hall–Kier alpha value is -0.570. The molecule has 0 aromatic carbocycles. The van der Waals surface area contributed by atoms with Gasteiger partial charge >= 0.3 is 0 Å². The summed E-state index contributed by atoms with van der Waals surface area (Å²) in [5.74, 6) is 1.94. The molecule has 6 nitrogen and oxygen atoms in total. The number of hydrogen-bond donors (Lipinski definition) is 3. The predicted molar refractivity (Wildman–Crippen MR) is 71.9 cm³/mol. The van der Waals surface area contributed by atoms with E-state index in [0.717, 1.165) is 17.9 Å². The molecule has 18 heavy (non-hydrogen) atoms. The molecule has 1 aromatic rings. The first-order valence-corrected chi connectivity index (χ1v) is 8.38. The first-order valence-electron chi connectivity index (χ1n) is 5.74. The molecule has 1 aromatic heterocycles. The molecule has 0 spiro atoms. The van der Waals surface area contributed by atoms with E-state index in [2.05, 4.69) is 21.8 Å². The number of H-pyrrole nitrogens is 1. The summed E-state index contributed by atoms with van der Waals surface area (Å²) < 4.78 is 26.6. The van der Waals surface area contributed by atoms with Crippen LogP contribution < -0.4 is 4.72 Å². The molecule has 0 fully saturated rings. The van der Waals surface area contributed by atoms with Crippen molar-refractivity contribution in [3.63, 3.8) is 0 Å². The Kier molecular flexibility index (Phi) is 6.13. The molecule has 0 amide bonds. The van der Waals surface area contributed by atoms with E-state index in [9.17, 15) is 8.42 Å². The van der Waals surface area contributed by atoms with Crippen LogP contribution in [0.5, 0.6) is 0 Å². The molecule has 0 radical (unpaired) electrons. The molecule has 0 aliphatic rings. The average Bonchev–Trinajstić information content (AvgIpc) is 2.77. The fraction of sp³-hybridized carbons (Fsp3) is 0.700. The Bertz CT molecular complexity index is 459. The van der Waals surface area contributed by atoms with E-state index < -0.39 is 10.0 Å². The molecule has 0 saturated carbocycles. The van der Waals surface area contributed by atoms with E-state index in [1.807, 2.05) is 6.92 Å². The Balaban J connectivity index is 2.65. The standard InChI is InChI=1S/C10H19N3O3S2/c1-3-17-5-4-8(2)13-18(15,16)10-9(7-14)6-11-12-10/h6,8,13-14H,3-5,7H2,1-2H3,(H,11,12). The van der Waals surface area contributed by atoms with Gasteiger partial charge < -0.3 is 5.11 Å². The highest BCUT2D eigenvalue weighted by molar-refractivity contribution is 7.99. The number of aromatic amines is 1. The smallest absolute Gasteiger partial charge is 0.258 e. The molecule has 1 atom stereocenters. The fourth-order valence-corrected chi connectivity index (χ4v) is 3.64. The SMILES string of the molecule is CCSCCC(C)NS(=O)(=O)c1[nH]ncc1CO. The zero-order chi connectivity index (χ0) is 13.6. The van der Waals surface area contributed by atoms with Crippen molar-refractivity contribution in [2.45, 2.75) is 37.9 Å². The lowest BCUT2D eigenvalue weighted by atomic mass is 10.3. The van der Waals surface area contributed by atoms with Crippen molar-refractivity contribution < 1.29 is 13.5 Å². The second kappa shape index (κ2) is 7.13. The Morgan fingerprint density at radius 1 is 1.61 bits per heavy atom. The topological polar surface area (TPSA) is 95.1 Å². The van der Waals surface area contributed by atoms with Crippen molar-refractivity contribution in [3.05, 3.63) is 11.8 Å². The number of rotatable bonds is 8. The Morgan fingerprint density at radius 3 is 2.94 bits per heavy atom. The largest absolute Gasteiger partial charge is 0.392 e. The number of aliphatic hydroxyl groups excluding tert-OH is 1. The zero-order valence-electron chi connectivity index (χ0n) is 10.5. The van der Waals surface area contributed by atoms with Crippen LogP contribution in [0.2, 0.25) is 0 Å². The minimum Gasteiger partial charge on any atom is -0.392 e. The van der Waals surface area contributed by atoms with Crippen molar-refractivity contribution in [2.24, 2.45) is 0 Å². The summed E-state index contributed by atoms with van der Waals surface area (Å²) in [6.45, 7) is 3.53. The Morgan fingerprint density at radius 2 is 2.33 bits per heavy atom. The lowest BCUT2D eigenvalue weighted by molar-refractivity contribution is 0.278. The van der Waals surface area contributed by atoms with Crippen molar-refractivity contribution in [3.8, 4) is 0 Å². The molecule has 1 heterocycles. The van der Waals surface area contributed by atoms with Gasteiger partial charge in [-0.1, -0.05) is 6.92 Å². The van der Waals surface area contributed by atoms with Gasteiger partial charge in [0.15, 0.2) is 5.03 Å². The normalized spacial score (nSPS) is 13.7. The van der Waals surface area contributed by atoms with Gasteiger partial charge in [-0.3, -0.25) is 5.10 Å². The monoisotopic (exact) mass is 293 g/mol. The number of nitrogens with one attached hydrogen (secondary N) is 2. The van der Waals surface area contributed by atoms with Crippen LogP contribution in [0, 0.1) is 0 Å². The van der Waals surface area contributed by atoms with Gasteiger partial charge in [0.2, 0.25) is 0 Å². The fourth-order valence-electron chi connectivity index (χ4n) is 1.43. The summed E-state index contributed by atoms with van der Waals surface area (Å²) in [6.07, 6.45) is 2.08. The minimum atomic E-state index is -3.63. The van der Waals surface area contributed by atoms with Gasteiger partial charge in [0.1, 0.15) is 0 Å². The molecule has 8 heteroatoms. The third kappa shape index (κ3) is 4.27. The summed E-state index contributed by atoms with van der Waals surface area (Å²) >= 11 is 1.77. The Labute approximate surface area is 112 Å². The van der Waals surface area contributed by atoms with E-state index in [-0.39, 0.29) is 23.2 Å². The van der Waals surface area contributed by atoms with Crippen LogP contribution in [0.3, 0.4) is 0 Å². The van der Waals surface area contributed by atoms with Crippen LogP contribution >= 0.6 is 11.8 Å². The van der Waals surface area contributed by atoms with Gasteiger partial charge in [-0.05, 0) is 24.9 Å². The number of aliphatic hydroxyl groups is 1. The second-order valence-electron chi connectivity index (χ2n) is 3.89. The van der Waals surface area contributed by atoms with Gasteiger partial charge in [-0.2, -0.15) is 16.9 Å². The highest BCUT2D eigenvalue weighted by Gasteiger charge is 2.22. The zero-order valence-corrected chi connectivity index (χ0v) is 12.1. The molecule has 3 N–H and O–H groups in total. The predicted octanol–water partition coefficient (Wildman–Crippen LogP) is 0.712. The molecule has 0 saturated heterocycles. The first kappa shape index (κ1) is 15.5. The van der Waals surface area contributed by atoms with E-state index in [1.165, 1.54) is 6.20 Å². The molecule has 104 valence electrons. The van der Waals surface area contributed by atoms with E-state index in [4.69, 9.17) is 5.11 Å². The molecule has 1 unspecified atom stereocenters. The molecule has 1 rings (SSSR count). The number of aromatic nitrogens is 2. The summed E-state index contributed by atoms with van der Waals surface area (Å²) in [6, 6.07) is -0.149. The highest BCUT2D eigenvalue weighted by atomic mass is 32.2. The van der Waals surface area contributed by atoms with Crippen LogP contribution in [0.4, 0.5) is 0 Å². The van der Waals surface area contributed by atoms with Gasteiger partial charge in [-0.25, -0.2) is 13.1 Å². The van der Waals surface area contributed by atoms with Crippen molar-refractivity contribution in [1.82, 2.24) is 14.9 Å². The summed E-state index contributed by atoms with van der Waals surface area (Å²) in [5.41, 5.74) is 0.276. The third-order valence-electron chi connectivity index (χ3n) is 2.37. The van der Waals surface area contributed by atoms with Gasteiger partial charge in [0, 0.05) is 11.6 Å². The van der Waals surface area contributed by atoms with Crippen LogP contribution in [-0.4, -0.2) is 41.3 Å². The van der Waals surface area contributed by atoms with Gasteiger partial charge in [0.25, 0.3) is 10.0 Å². The quantitative estimate of drug-likeness (QED) is 0.614. The highest BCUT2D eigenvalue weighted by Crippen LogP contribution is 2.13. The summed E-state index contributed by atoms with van der Waals surface area (Å²) in [7, 11) is -3.63. The van der Waals surface area contributed by atoms with Crippen LogP contribution in [0.15, 0.2) is 11.2 Å². The number of nitrogens with zero attached hydrogens (tertiary/aromatic N) is 1. The first-order chi connectivity index (χ1) is 8.51. The van der Waals surface area contributed by atoms with Crippen LogP contribution in [0.25, 0.3) is 0 Å². The summed E-state index contributed by atoms with van der Waals surface area (Å²) in [5, 5.41) is 15.0. The molecule has 0 bridgehead atoms. The van der Waals surface area contributed by atoms with Crippen LogP contribution in [0.1, 0.15) is 25.8 Å². The molecule has 0 aliphatic carbocycles. The van der Waals surface area contributed by atoms with E-state index >= 15 is 0 Å². The maximum absolute atomic E-state index is 12.0. The third-order valence-corrected chi connectivity index (χ3v) is 4.91. The lowest BCUT2D eigenvalue weighted by Crippen LogP contribution is -2.33. The maximum atomic E-state index is 12.0. The van der Waals surface area contributed by atoms with Crippen molar-refractivity contribution in [2.75, 3.05) is 11.5 Å². The van der Waals surface area contributed by atoms with E-state index in [0.29, 0.717) is 0 Å². The van der Waals surface area contributed by atoms with Crippen molar-refractivity contribution >= 4 is 21.8 Å². The maximum Gasteiger partial charge on any atom is 0.258 e. The van der Waals surface area contributed by atoms with Crippen molar-refractivity contribution in [1.29, 1.82) is 0 Å². The summed E-state index contributed by atoms with van der Waals surface area (Å²) in [4.78, 5) is 0. The second-order valence-corrected chi connectivity index (χ2v) is 6.94. The molecule has 0 aliphatic heterocycles. The number of hydrogen-bond acceptors (Lipinski definition) is 5.